The third-order valence-corrected chi connectivity index (χ3v) is 6.39. The molecular weight excluding hydrogens is 412 g/mol. The second kappa shape index (κ2) is 8.56. The van der Waals surface area contributed by atoms with Crippen LogP contribution in [-0.4, -0.2) is 51.6 Å². The topological polar surface area (TPSA) is 98.4 Å². The van der Waals surface area contributed by atoms with Gasteiger partial charge < -0.3 is 15.4 Å². The van der Waals surface area contributed by atoms with Gasteiger partial charge in [-0.3, -0.25) is 9.59 Å². The van der Waals surface area contributed by atoms with Gasteiger partial charge in [-0.15, -0.1) is 5.10 Å². The summed E-state index contributed by atoms with van der Waals surface area (Å²) < 4.78 is 9.77. The number of aromatic nitrogens is 2. The monoisotopic (exact) mass is 436 g/mol. The highest BCUT2D eigenvalue weighted by molar-refractivity contribution is 7.07. The first-order valence-corrected chi connectivity index (χ1v) is 10.8. The third-order valence-electron chi connectivity index (χ3n) is 5.57. The fraction of sp³-hybridized carbons (Fsp3) is 0.304. The van der Waals surface area contributed by atoms with Crippen LogP contribution in [0.3, 0.4) is 0 Å². The van der Waals surface area contributed by atoms with Crippen molar-refractivity contribution >= 4 is 23.3 Å². The van der Waals surface area contributed by atoms with Crippen molar-refractivity contribution in [3.8, 4) is 11.1 Å². The molecule has 1 aliphatic rings. The van der Waals surface area contributed by atoms with Crippen molar-refractivity contribution in [2.45, 2.75) is 25.9 Å². The number of amides is 2. The van der Waals surface area contributed by atoms with Crippen LogP contribution in [0.25, 0.3) is 11.1 Å². The van der Waals surface area contributed by atoms with Crippen molar-refractivity contribution in [3.05, 3.63) is 70.2 Å². The summed E-state index contributed by atoms with van der Waals surface area (Å²) in [5, 5.41) is 3.91. The van der Waals surface area contributed by atoms with Crippen molar-refractivity contribution in [3.63, 3.8) is 0 Å². The molecule has 7 nitrogen and oxygen atoms in total. The molecule has 2 amide bonds. The fourth-order valence-corrected chi connectivity index (χ4v) is 4.43. The summed E-state index contributed by atoms with van der Waals surface area (Å²) in [6.07, 6.45) is 0.283. The van der Waals surface area contributed by atoms with Gasteiger partial charge in [-0.2, -0.15) is 0 Å². The van der Waals surface area contributed by atoms with Gasteiger partial charge >= 0.3 is 0 Å². The molecule has 1 fully saturated rings. The summed E-state index contributed by atoms with van der Waals surface area (Å²) in [7, 11) is 0. The Morgan fingerprint density at radius 2 is 1.94 bits per heavy atom. The molecule has 0 radical (unpaired) electrons. The number of aryl methyl sites for hydroxylation is 2. The summed E-state index contributed by atoms with van der Waals surface area (Å²) in [4.78, 5) is 27.6. The Balaban J connectivity index is 1.59. The predicted octanol–water partition coefficient (Wildman–Crippen LogP) is 2.76. The van der Waals surface area contributed by atoms with E-state index in [-0.39, 0.29) is 25.5 Å². The summed E-state index contributed by atoms with van der Waals surface area (Å²) in [5.41, 5.74) is 9.35. The van der Waals surface area contributed by atoms with Gasteiger partial charge in [0.1, 0.15) is 4.88 Å². The van der Waals surface area contributed by atoms with Crippen LogP contribution in [0.2, 0.25) is 0 Å². The van der Waals surface area contributed by atoms with Crippen molar-refractivity contribution < 1.29 is 14.3 Å². The zero-order valence-corrected chi connectivity index (χ0v) is 18.3. The van der Waals surface area contributed by atoms with E-state index in [1.165, 1.54) is 5.56 Å². The standard InChI is InChI=1S/C23H24N4O3S/c1-15-6-8-18(9-7-15)19-5-3-4-17(12-19)13-23(22(24)29)14-27(10-11-30-23)21(28)20-16(2)25-26-31-20/h3-9,12H,10-11,13-14H2,1-2H3,(H2,24,29)/t23-/m0/s1. The van der Waals surface area contributed by atoms with Crippen molar-refractivity contribution in [1.82, 2.24) is 14.5 Å². The number of carbonyl (C=O) groups is 2. The maximum Gasteiger partial charge on any atom is 0.267 e. The van der Waals surface area contributed by atoms with Crippen LogP contribution in [0.5, 0.6) is 0 Å². The van der Waals surface area contributed by atoms with Crippen LogP contribution in [0.15, 0.2) is 48.5 Å². The molecule has 2 N–H and O–H groups in total. The van der Waals surface area contributed by atoms with E-state index in [1.54, 1.807) is 11.8 Å². The minimum Gasteiger partial charge on any atom is -0.367 e. The number of carbonyl (C=O) groups excluding carboxylic acids is 2. The molecule has 0 aliphatic carbocycles. The number of ether oxygens (including phenoxy) is 1. The molecule has 0 spiro atoms. The molecule has 2 aromatic carbocycles. The van der Waals surface area contributed by atoms with E-state index in [0.717, 1.165) is 28.2 Å². The molecule has 0 bridgehead atoms. The number of primary amides is 1. The van der Waals surface area contributed by atoms with Gasteiger partial charge in [0, 0.05) is 13.0 Å². The highest BCUT2D eigenvalue weighted by atomic mass is 32.1. The number of rotatable bonds is 5. The quantitative estimate of drug-likeness (QED) is 0.663. The van der Waals surface area contributed by atoms with E-state index in [4.69, 9.17) is 10.5 Å². The Morgan fingerprint density at radius 1 is 1.16 bits per heavy atom. The first-order chi connectivity index (χ1) is 14.9. The molecule has 1 aromatic heterocycles. The Bertz CT molecular complexity index is 1110. The third kappa shape index (κ3) is 4.35. The highest BCUT2D eigenvalue weighted by Gasteiger charge is 2.44. The van der Waals surface area contributed by atoms with E-state index in [9.17, 15) is 9.59 Å². The summed E-state index contributed by atoms with van der Waals surface area (Å²) >= 11 is 1.06. The lowest BCUT2D eigenvalue weighted by molar-refractivity contribution is -0.153. The molecule has 31 heavy (non-hydrogen) atoms. The maximum absolute atomic E-state index is 13.0. The van der Waals surface area contributed by atoms with Crippen LogP contribution in [0.4, 0.5) is 0 Å². The number of hydrogen-bond donors (Lipinski definition) is 1. The summed E-state index contributed by atoms with van der Waals surface area (Å²) in [5.74, 6) is -0.778. The summed E-state index contributed by atoms with van der Waals surface area (Å²) in [6, 6.07) is 16.2. The molecule has 0 unspecified atom stereocenters. The number of nitrogens with two attached hydrogens (primary N) is 1. The normalized spacial score (nSPS) is 18.7. The van der Waals surface area contributed by atoms with Crippen LogP contribution in [0.1, 0.15) is 26.5 Å². The predicted molar refractivity (Wildman–Crippen MR) is 119 cm³/mol. The van der Waals surface area contributed by atoms with E-state index < -0.39 is 11.5 Å². The SMILES string of the molecule is Cc1ccc(-c2cccc(C[C@@]3(C(N)=O)CN(C(=O)c4snnc4C)CCO3)c2)cc1. The molecule has 1 atom stereocenters. The first kappa shape index (κ1) is 21.1. The zero-order valence-electron chi connectivity index (χ0n) is 17.5. The minimum absolute atomic E-state index is 0.0905. The van der Waals surface area contributed by atoms with E-state index >= 15 is 0 Å². The van der Waals surface area contributed by atoms with Gasteiger partial charge in [0.25, 0.3) is 11.8 Å². The Kier molecular flexibility index (Phi) is 5.84. The van der Waals surface area contributed by atoms with Crippen molar-refractivity contribution in [2.24, 2.45) is 5.73 Å². The lowest BCUT2D eigenvalue weighted by Gasteiger charge is -2.40. The van der Waals surface area contributed by atoms with Crippen molar-refractivity contribution in [2.75, 3.05) is 19.7 Å². The van der Waals surface area contributed by atoms with Gasteiger partial charge in [0.15, 0.2) is 5.60 Å². The molecular formula is C23H24N4O3S. The average Bonchev–Trinajstić information content (AvgIpc) is 3.20. The second-order valence-electron chi connectivity index (χ2n) is 7.86. The molecule has 0 saturated carbocycles. The van der Waals surface area contributed by atoms with Crippen LogP contribution in [-0.2, 0) is 16.0 Å². The van der Waals surface area contributed by atoms with Crippen LogP contribution >= 0.6 is 11.5 Å². The van der Waals surface area contributed by atoms with Crippen molar-refractivity contribution in [1.29, 1.82) is 0 Å². The summed E-state index contributed by atoms with van der Waals surface area (Å²) in [6.45, 7) is 4.50. The Morgan fingerprint density at radius 3 is 2.61 bits per heavy atom. The van der Waals surface area contributed by atoms with Gasteiger partial charge in [-0.1, -0.05) is 58.6 Å². The lowest BCUT2D eigenvalue weighted by Crippen LogP contribution is -2.61. The number of nitrogens with zero attached hydrogens (tertiary/aromatic N) is 3. The number of hydrogen-bond acceptors (Lipinski definition) is 6. The highest BCUT2D eigenvalue weighted by Crippen LogP contribution is 2.28. The van der Waals surface area contributed by atoms with Gasteiger partial charge in [0.2, 0.25) is 0 Å². The van der Waals surface area contributed by atoms with Gasteiger partial charge in [-0.25, -0.2) is 0 Å². The molecule has 1 saturated heterocycles. The molecule has 8 heteroatoms. The van der Waals surface area contributed by atoms with Crippen LogP contribution in [0, 0.1) is 13.8 Å². The van der Waals surface area contributed by atoms with Gasteiger partial charge in [-0.05, 0) is 42.1 Å². The molecule has 3 aromatic rings. The fourth-order valence-electron chi connectivity index (χ4n) is 3.81. The van der Waals surface area contributed by atoms with E-state index in [1.807, 2.05) is 31.2 Å². The first-order valence-electron chi connectivity index (χ1n) is 10.1. The van der Waals surface area contributed by atoms with Crippen LogP contribution < -0.4 is 5.73 Å². The lowest BCUT2D eigenvalue weighted by atomic mass is 9.90. The molecule has 2 heterocycles. The Labute approximate surface area is 185 Å². The van der Waals surface area contributed by atoms with E-state index in [2.05, 4.69) is 33.9 Å². The number of morpholine rings is 1. The minimum atomic E-state index is -1.29. The average molecular weight is 437 g/mol. The largest absolute Gasteiger partial charge is 0.367 e. The van der Waals surface area contributed by atoms with E-state index in [0.29, 0.717) is 17.1 Å². The second-order valence-corrected chi connectivity index (χ2v) is 8.62. The molecule has 160 valence electrons. The molecule has 1 aliphatic heterocycles. The zero-order chi connectivity index (χ0) is 22.0. The maximum atomic E-state index is 13.0. The molecule has 4 rings (SSSR count). The Hall–Kier alpha value is -3.10. The number of benzene rings is 2. The smallest absolute Gasteiger partial charge is 0.267 e. The van der Waals surface area contributed by atoms with Gasteiger partial charge in [0.05, 0.1) is 18.8 Å².